The molecule has 1 aliphatic heterocycles. The standard InChI is InChI=1S/C29H35N3O3/c1-34-24-15-11-20(12-16-24)19-22-7-6-10-26-27(22)31-32(29(33)30-23-8-4-3-5-9-23)28(26)21-13-17-25(35-2)18-14-21/h11-19,23,26,28H,3-10H2,1-2H3,(H,30,33)/b22-19+/t26-,28+/m0/s1. The predicted molar refractivity (Wildman–Crippen MR) is 139 cm³/mol. The Morgan fingerprint density at radius 1 is 0.914 bits per heavy atom. The molecule has 6 heteroatoms. The van der Waals surface area contributed by atoms with Crippen molar-refractivity contribution in [2.24, 2.45) is 11.0 Å². The van der Waals surface area contributed by atoms with Crippen LogP contribution in [0.3, 0.4) is 0 Å². The maximum atomic E-state index is 13.5. The van der Waals surface area contributed by atoms with Crippen LogP contribution in [0.5, 0.6) is 11.5 Å². The van der Waals surface area contributed by atoms with Crippen molar-refractivity contribution in [3.05, 3.63) is 65.2 Å². The Morgan fingerprint density at radius 2 is 1.57 bits per heavy atom. The number of hydrogen-bond acceptors (Lipinski definition) is 4. The van der Waals surface area contributed by atoms with Gasteiger partial charge in [-0.15, -0.1) is 0 Å². The fraction of sp³-hybridized carbons (Fsp3) is 0.448. The van der Waals surface area contributed by atoms with Crippen molar-refractivity contribution in [1.29, 1.82) is 0 Å². The van der Waals surface area contributed by atoms with Gasteiger partial charge in [0.25, 0.3) is 0 Å². The predicted octanol–water partition coefficient (Wildman–Crippen LogP) is 6.34. The first-order valence-electron chi connectivity index (χ1n) is 12.8. The van der Waals surface area contributed by atoms with Crippen LogP contribution < -0.4 is 14.8 Å². The van der Waals surface area contributed by atoms with Crippen LogP contribution in [0, 0.1) is 5.92 Å². The summed E-state index contributed by atoms with van der Waals surface area (Å²) in [6.45, 7) is 0. The van der Waals surface area contributed by atoms with E-state index in [1.54, 1.807) is 19.2 Å². The lowest BCUT2D eigenvalue weighted by Crippen LogP contribution is -2.44. The highest BCUT2D eigenvalue weighted by Gasteiger charge is 2.44. The number of nitrogens with zero attached hydrogens (tertiary/aromatic N) is 2. The van der Waals surface area contributed by atoms with E-state index < -0.39 is 0 Å². The number of carbonyl (C=O) groups is 1. The second-order valence-electron chi connectivity index (χ2n) is 9.77. The third kappa shape index (κ3) is 5.07. The van der Waals surface area contributed by atoms with Crippen LogP contribution in [0.4, 0.5) is 4.79 Å². The molecule has 0 bridgehead atoms. The van der Waals surface area contributed by atoms with Crippen LogP contribution in [0.25, 0.3) is 6.08 Å². The Balaban J connectivity index is 1.47. The molecule has 5 rings (SSSR count). The van der Waals surface area contributed by atoms with Gasteiger partial charge in [-0.1, -0.05) is 43.5 Å². The topological polar surface area (TPSA) is 63.2 Å². The zero-order valence-corrected chi connectivity index (χ0v) is 20.7. The molecule has 6 nitrogen and oxygen atoms in total. The number of fused-ring (bicyclic) bond motifs is 1. The Kier molecular flexibility index (Phi) is 7.07. The maximum Gasteiger partial charge on any atom is 0.338 e. The summed E-state index contributed by atoms with van der Waals surface area (Å²) in [6, 6.07) is 16.2. The first kappa shape index (κ1) is 23.5. The van der Waals surface area contributed by atoms with Gasteiger partial charge in [0.1, 0.15) is 11.5 Å². The van der Waals surface area contributed by atoms with Gasteiger partial charge >= 0.3 is 6.03 Å². The fourth-order valence-electron chi connectivity index (χ4n) is 5.69. The van der Waals surface area contributed by atoms with Gasteiger partial charge in [-0.3, -0.25) is 0 Å². The number of nitrogens with one attached hydrogen (secondary N) is 1. The van der Waals surface area contributed by atoms with Crippen molar-refractivity contribution >= 4 is 17.8 Å². The van der Waals surface area contributed by atoms with Gasteiger partial charge in [0.05, 0.1) is 26.0 Å². The molecule has 35 heavy (non-hydrogen) atoms. The lowest BCUT2D eigenvalue weighted by atomic mass is 9.77. The van der Waals surface area contributed by atoms with E-state index in [2.05, 4.69) is 35.7 Å². The molecule has 2 aromatic carbocycles. The number of rotatable bonds is 5. The van der Waals surface area contributed by atoms with Crippen LogP contribution in [0.15, 0.2) is 59.2 Å². The minimum atomic E-state index is -0.112. The Bertz CT molecular complexity index is 1090. The molecule has 2 saturated carbocycles. The van der Waals surface area contributed by atoms with Crippen molar-refractivity contribution in [1.82, 2.24) is 10.3 Å². The van der Waals surface area contributed by atoms with E-state index in [9.17, 15) is 4.79 Å². The molecule has 2 atom stereocenters. The maximum absolute atomic E-state index is 13.5. The van der Waals surface area contributed by atoms with Crippen molar-refractivity contribution in [2.45, 2.75) is 63.5 Å². The monoisotopic (exact) mass is 473 g/mol. The molecule has 2 aromatic rings. The zero-order valence-electron chi connectivity index (χ0n) is 20.7. The summed E-state index contributed by atoms with van der Waals surface area (Å²) < 4.78 is 10.7. The third-order valence-electron chi connectivity index (χ3n) is 7.56. The Hall–Kier alpha value is -3.28. The molecule has 2 fully saturated rings. The molecule has 1 N–H and O–H groups in total. The van der Waals surface area contributed by atoms with Crippen LogP contribution in [-0.4, -0.2) is 37.0 Å². The highest BCUT2D eigenvalue weighted by molar-refractivity contribution is 6.08. The Labute approximate surface area is 208 Å². The summed E-state index contributed by atoms with van der Waals surface area (Å²) in [5.74, 6) is 1.84. The van der Waals surface area contributed by atoms with E-state index in [1.165, 1.54) is 24.8 Å². The van der Waals surface area contributed by atoms with Crippen molar-refractivity contribution in [3.8, 4) is 11.5 Å². The smallest absolute Gasteiger partial charge is 0.338 e. The number of hydrogen-bond donors (Lipinski definition) is 1. The molecule has 0 saturated heterocycles. The zero-order chi connectivity index (χ0) is 24.2. The van der Waals surface area contributed by atoms with E-state index in [0.717, 1.165) is 60.4 Å². The summed E-state index contributed by atoms with van der Waals surface area (Å²) in [5, 5.41) is 10.0. The number of urea groups is 1. The lowest BCUT2D eigenvalue weighted by Gasteiger charge is -2.31. The number of ether oxygens (including phenoxy) is 2. The average Bonchev–Trinajstić information content (AvgIpc) is 3.31. The van der Waals surface area contributed by atoms with Gasteiger partial charge in [-0.2, -0.15) is 5.10 Å². The number of benzene rings is 2. The molecule has 1 heterocycles. The molecule has 184 valence electrons. The first-order chi connectivity index (χ1) is 17.2. The van der Waals surface area contributed by atoms with Gasteiger partial charge in [0, 0.05) is 12.0 Å². The SMILES string of the molecule is COc1ccc(/C=C2\CCC[C@H]3C2=NN(C(=O)NC2CCCCC2)[C@@H]3c2ccc(OC)cc2)cc1. The molecule has 0 radical (unpaired) electrons. The van der Waals surface area contributed by atoms with Crippen LogP contribution >= 0.6 is 0 Å². The lowest BCUT2D eigenvalue weighted by molar-refractivity contribution is 0.167. The average molecular weight is 474 g/mol. The van der Waals surface area contributed by atoms with E-state index in [-0.39, 0.29) is 24.0 Å². The summed E-state index contributed by atoms with van der Waals surface area (Å²) in [4.78, 5) is 13.5. The van der Waals surface area contributed by atoms with Gasteiger partial charge in [-0.05, 0) is 79.1 Å². The highest BCUT2D eigenvalue weighted by atomic mass is 16.5. The number of hydrazone groups is 1. The second-order valence-corrected chi connectivity index (χ2v) is 9.77. The van der Waals surface area contributed by atoms with Gasteiger partial charge in [0.15, 0.2) is 0 Å². The number of allylic oxidation sites excluding steroid dienone is 1. The third-order valence-corrected chi connectivity index (χ3v) is 7.56. The molecule has 0 aromatic heterocycles. The number of amides is 2. The second kappa shape index (κ2) is 10.5. The normalized spacial score (nSPS) is 23.5. The van der Waals surface area contributed by atoms with Crippen molar-refractivity contribution < 1.29 is 14.3 Å². The molecule has 0 unspecified atom stereocenters. The first-order valence-corrected chi connectivity index (χ1v) is 12.8. The molecular weight excluding hydrogens is 438 g/mol. The summed E-state index contributed by atoms with van der Waals surface area (Å²) in [6.07, 6.45) is 11.0. The number of methoxy groups -OCH3 is 2. The Morgan fingerprint density at radius 3 is 2.23 bits per heavy atom. The molecule has 0 spiro atoms. The minimum absolute atomic E-state index is 0.0802. The molecule has 2 aliphatic carbocycles. The number of carbonyl (C=O) groups excluding carboxylic acids is 1. The van der Waals surface area contributed by atoms with Crippen LogP contribution in [0.2, 0.25) is 0 Å². The molecular formula is C29H35N3O3. The quantitative estimate of drug-likeness (QED) is 0.551. The molecule has 3 aliphatic rings. The van der Waals surface area contributed by atoms with Crippen molar-refractivity contribution in [3.63, 3.8) is 0 Å². The van der Waals surface area contributed by atoms with E-state index in [1.807, 2.05) is 24.3 Å². The van der Waals surface area contributed by atoms with Gasteiger partial charge in [-0.25, -0.2) is 9.80 Å². The van der Waals surface area contributed by atoms with Gasteiger partial charge < -0.3 is 14.8 Å². The van der Waals surface area contributed by atoms with Crippen LogP contribution in [-0.2, 0) is 0 Å². The van der Waals surface area contributed by atoms with E-state index in [0.29, 0.717) is 0 Å². The van der Waals surface area contributed by atoms with Crippen LogP contribution in [0.1, 0.15) is 68.5 Å². The highest BCUT2D eigenvalue weighted by Crippen LogP contribution is 2.44. The van der Waals surface area contributed by atoms with Gasteiger partial charge in [0.2, 0.25) is 0 Å². The van der Waals surface area contributed by atoms with E-state index >= 15 is 0 Å². The van der Waals surface area contributed by atoms with E-state index in [4.69, 9.17) is 14.6 Å². The summed E-state index contributed by atoms with van der Waals surface area (Å²) in [5.41, 5.74) is 4.49. The summed E-state index contributed by atoms with van der Waals surface area (Å²) in [7, 11) is 3.35. The minimum Gasteiger partial charge on any atom is -0.497 e. The summed E-state index contributed by atoms with van der Waals surface area (Å²) >= 11 is 0. The largest absolute Gasteiger partial charge is 0.497 e. The molecule has 2 amide bonds. The van der Waals surface area contributed by atoms with Crippen molar-refractivity contribution in [2.75, 3.05) is 14.2 Å². The fourth-order valence-corrected chi connectivity index (χ4v) is 5.69.